The second kappa shape index (κ2) is 13.6. The van der Waals surface area contributed by atoms with Crippen molar-refractivity contribution < 1.29 is 0 Å². The van der Waals surface area contributed by atoms with Gasteiger partial charge in [-0.15, -0.1) is 22.7 Å². The van der Waals surface area contributed by atoms with Gasteiger partial charge in [-0.1, -0.05) is 78.1 Å². The molecular formula is C26H42S2. The van der Waals surface area contributed by atoms with Gasteiger partial charge in [0.1, 0.15) is 0 Å². The smallest absolute Gasteiger partial charge is 0.0477 e. The highest BCUT2D eigenvalue weighted by Gasteiger charge is 2.14. The maximum absolute atomic E-state index is 2.52. The molecule has 0 bridgehead atoms. The van der Waals surface area contributed by atoms with E-state index in [-0.39, 0.29) is 0 Å². The number of hydrogen-bond acceptors (Lipinski definition) is 2. The summed E-state index contributed by atoms with van der Waals surface area (Å²) in [5.74, 6) is 0. The minimum absolute atomic E-state index is 1.26. The molecule has 0 atom stereocenters. The first-order valence-corrected chi connectivity index (χ1v) is 13.5. The number of thiophene rings is 2. The van der Waals surface area contributed by atoms with Crippen molar-refractivity contribution in [2.75, 3.05) is 0 Å². The SMILES string of the molecule is CCCCCCCCc1cc(-c2sc(C)cc2CCCCCCCC)sc1C. The summed E-state index contributed by atoms with van der Waals surface area (Å²) in [6, 6.07) is 4.97. The van der Waals surface area contributed by atoms with Gasteiger partial charge in [0, 0.05) is 19.5 Å². The Kier molecular flexibility index (Phi) is 11.5. The Bertz CT molecular complexity index is 662. The summed E-state index contributed by atoms with van der Waals surface area (Å²) in [4.78, 5) is 6.10. The number of rotatable bonds is 15. The van der Waals surface area contributed by atoms with Gasteiger partial charge in [0.25, 0.3) is 0 Å². The summed E-state index contributed by atoms with van der Waals surface area (Å²) < 4.78 is 0. The summed E-state index contributed by atoms with van der Waals surface area (Å²) in [5.41, 5.74) is 3.21. The summed E-state index contributed by atoms with van der Waals surface area (Å²) in [6.07, 6.45) is 19.2. The van der Waals surface area contributed by atoms with E-state index in [2.05, 4.69) is 39.8 Å². The second-order valence-corrected chi connectivity index (χ2v) is 11.0. The van der Waals surface area contributed by atoms with Crippen LogP contribution in [0.2, 0.25) is 0 Å². The molecule has 0 aromatic carbocycles. The topological polar surface area (TPSA) is 0 Å². The van der Waals surface area contributed by atoms with Gasteiger partial charge in [-0.3, -0.25) is 0 Å². The Hall–Kier alpha value is -0.600. The van der Waals surface area contributed by atoms with Crippen LogP contribution < -0.4 is 0 Å². The van der Waals surface area contributed by atoms with Crippen LogP contribution in [-0.2, 0) is 12.8 Å². The number of hydrogen-bond donors (Lipinski definition) is 0. The molecule has 2 heteroatoms. The van der Waals surface area contributed by atoms with Gasteiger partial charge in [-0.2, -0.15) is 0 Å². The molecule has 0 saturated heterocycles. The highest BCUT2D eigenvalue weighted by atomic mass is 32.1. The molecule has 2 rings (SSSR count). The Labute approximate surface area is 182 Å². The average molecular weight is 419 g/mol. The predicted molar refractivity (Wildman–Crippen MR) is 131 cm³/mol. The third-order valence-electron chi connectivity index (χ3n) is 5.78. The third-order valence-corrected chi connectivity index (χ3v) is 8.14. The molecule has 0 saturated carbocycles. The molecule has 158 valence electrons. The highest BCUT2D eigenvalue weighted by Crippen LogP contribution is 2.39. The summed E-state index contributed by atoms with van der Waals surface area (Å²) in [6.45, 7) is 9.19. The van der Waals surface area contributed by atoms with Crippen LogP contribution in [0.15, 0.2) is 12.1 Å². The molecule has 0 aliphatic rings. The van der Waals surface area contributed by atoms with Crippen molar-refractivity contribution in [3.05, 3.63) is 33.0 Å². The fourth-order valence-electron chi connectivity index (χ4n) is 4.03. The van der Waals surface area contributed by atoms with Gasteiger partial charge in [0.05, 0.1) is 0 Å². The molecule has 0 fully saturated rings. The normalized spacial score (nSPS) is 11.4. The first-order valence-electron chi connectivity index (χ1n) is 11.8. The molecule has 28 heavy (non-hydrogen) atoms. The zero-order valence-corrected chi connectivity index (χ0v) is 20.5. The summed E-state index contributed by atoms with van der Waals surface area (Å²) in [7, 11) is 0. The summed E-state index contributed by atoms with van der Waals surface area (Å²) in [5, 5.41) is 0. The Morgan fingerprint density at radius 2 is 1.14 bits per heavy atom. The lowest BCUT2D eigenvalue weighted by atomic mass is 10.0. The minimum Gasteiger partial charge on any atom is -0.139 e. The Morgan fingerprint density at radius 1 is 0.607 bits per heavy atom. The Morgan fingerprint density at radius 3 is 1.75 bits per heavy atom. The molecule has 0 aliphatic heterocycles. The van der Waals surface area contributed by atoms with E-state index in [9.17, 15) is 0 Å². The molecule has 0 N–H and O–H groups in total. The van der Waals surface area contributed by atoms with E-state index in [4.69, 9.17) is 0 Å². The summed E-state index contributed by atoms with van der Waals surface area (Å²) >= 11 is 4.04. The molecule has 0 radical (unpaired) electrons. The van der Waals surface area contributed by atoms with Gasteiger partial charge in [-0.25, -0.2) is 0 Å². The zero-order chi connectivity index (χ0) is 20.2. The molecule has 0 aliphatic carbocycles. The van der Waals surface area contributed by atoms with Crippen molar-refractivity contribution in [3.8, 4) is 9.75 Å². The molecule has 2 aromatic rings. The zero-order valence-electron chi connectivity index (χ0n) is 18.9. The molecule has 2 aromatic heterocycles. The molecule has 0 spiro atoms. The van der Waals surface area contributed by atoms with E-state index in [0.717, 1.165) is 0 Å². The van der Waals surface area contributed by atoms with Crippen LogP contribution in [0.3, 0.4) is 0 Å². The van der Waals surface area contributed by atoms with Crippen LogP contribution in [0.1, 0.15) is 112 Å². The van der Waals surface area contributed by atoms with Gasteiger partial charge >= 0.3 is 0 Å². The lowest BCUT2D eigenvalue weighted by molar-refractivity contribution is 0.607. The van der Waals surface area contributed by atoms with E-state index >= 15 is 0 Å². The number of unbranched alkanes of at least 4 members (excludes halogenated alkanes) is 10. The van der Waals surface area contributed by atoms with E-state index in [1.54, 1.807) is 20.9 Å². The first kappa shape index (κ1) is 23.7. The van der Waals surface area contributed by atoms with E-state index in [0.29, 0.717) is 0 Å². The first-order chi connectivity index (χ1) is 13.7. The quantitative estimate of drug-likeness (QED) is 0.252. The monoisotopic (exact) mass is 418 g/mol. The van der Waals surface area contributed by atoms with Crippen LogP contribution in [0.5, 0.6) is 0 Å². The highest BCUT2D eigenvalue weighted by molar-refractivity contribution is 7.22. The predicted octanol–water partition coefficient (Wildman–Crippen LogP) is 9.90. The van der Waals surface area contributed by atoms with Crippen LogP contribution in [0.25, 0.3) is 9.75 Å². The van der Waals surface area contributed by atoms with Gasteiger partial charge in [0.15, 0.2) is 0 Å². The van der Waals surface area contributed by atoms with Crippen molar-refractivity contribution in [2.24, 2.45) is 0 Å². The molecule has 0 amide bonds. The molecule has 2 heterocycles. The van der Waals surface area contributed by atoms with Gasteiger partial charge in [-0.05, 0) is 62.8 Å². The molecule has 0 unspecified atom stereocenters. The van der Waals surface area contributed by atoms with Crippen molar-refractivity contribution in [2.45, 2.75) is 118 Å². The Balaban J connectivity index is 1.88. The fourth-order valence-corrected chi connectivity index (χ4v) is 6.30. The molecular weight excluding hydrogens is 376 g/mol. The number of aryl methyl sites for hydroxylation is 4. The van der Waals surface area contributed by atoms with Crippen LogP contribution >= 0.6 is 22.7 Å². The maximum Gasteiger partial charge on any atom is 0.0477 e. The minimum atomic E-state index is 1.26. The van der Waals surface area contributed by atoms with E-state index in [1.165, 1.54) is 99.6 Å². The standard InChI is InChI=1S/C26H42S2/c1-5-7-9-11-13-15-17-23-20-25(28-22(23)4)26-24(19-21(3)27-26)18-16-14-12-10-8-6-2/h19-20H,5-18H2,1-4H3. The van der Waals surface area contributed by atoms with Crippen molar-refractivity contribution in [1.82, 2.24) is 0 Å². The van der Waals surface area contributed by atoms with Gasteiger partial charge < -0.3 is 0 Å². The lowest BCUT2D eigenvalue weighted by Gasteiger charge is -2.03. The average Bonchev–Trinajstić information content (AvgIpc) is 3.23. The fraction of sp³-hybridized carbons (Fsp3) is 0.692. The third kappa shape index (κ3) is 8.03. The molecule has 0 nitrogen and oxygen atoms in total. The van der Waals surface area contributed by atoms with Crippen LogP contribution in [0.4, 0.5) is 0 Å². The van der Waals surface area contributed by atoms with E-state index in [1.807, 2.05) is 22.7 Å². The largest absolute Gasteiger partial charge is 0.139 e. The lowest BCUT2D eigenvalue weighted by Crippen LogP contribution is -1.87. The van der Waals surface area contributed by atoms with Crippen molar-refractivity contribution in [3.63, 3.8) is 0 Å². The van der Waals surface area contributed by atoms with Crippen molar-refractivity contribution in [1.29, 1.82) is 0 Å². The van der Waals surface area contributed by atoms with Crippen LogP contribution in [0, 0.1) is 13.8 Å². The van der Waals surface area contributed by atoms with E-state index < -0.39 is 0 Å². The second-order valence-electron chi connectivity index (χ2n) is 8.44. The van der Waals surface area contributed by atoms with Crippen molar-refractivity contribution >= 4 is 22.7 Å². The van der Waals surface area contributed by atoms with Crippen LogP contribution in [-0.4, -0.2) is 0 Å². The maximum atomic E-state index is 2.52. The van der Waals surface area contributed by atoms with Gasteiger partial charge in [0.2, 0.25) is 0 Å².